The van der Waals surface area contributed by atoms with Crippen molar-refractivity contribution in [3.05, 3.63) is 24.3 Å². The summed E-state index contributed by atoms with van der Waals surface area (Å²) in [5, 5.41) is 1.54. The zero-order valence-electron chi connectivity index (χ0n) is 8.77. The summed E-state index contributed by atoms with van der Waals surface area (Å²) in [5.74, 6) is 0. The second-order valence-electron chi connectivity index (χ2n) is 3.20. The molecule has 0 aliphatic carbocycles. The fraction of sp³-hybridized carbons (Fsp3) is 0.333. The van der Waals surface area contributed by atoms with Crippen LogP contribution < -0.4 is 15.6 Å². The number of sulfonamides is 1. The molecule has 5 nitrogen and oxygen atoms in total. The SMILES string of the molecule is CCN(NS(C)(=O)=O)c1ccc(N)cc1. The first-order valence-corrected chi connectivity index (χ1v) is 6.42. The molecule has 1 rings (SSSR count). The minimum atomic E-state index is -3.25. The van der Waals surface area contributed by atoms with Crippen LogP contribution in [0.25, 0.3) is 0 Å². The maximum absolute atomic E-state index is 11.1. The third kappa shape index (κ3) is 3.77. The number of hydrazine groups is 1. The summed E-state index contributed by atoms with van der Waals surface area (Å²) in [6, 6.07) is 6.97. The average molecular weight is 229 g/mol. The van der Waals surface area contributed by atoms with Crippen molar-refractivity contribution in [3.63, 3.8) is 0 Å². The van der Waals surface area contributed by atoms with E-state index < -0.39 is 10.0 Å². The molecule has 6 heteroatoms. The topological polar surface area (TPSA) is 75.4 Å². The van der Waals surface area contributed by atoms with Gasteiger partial charge in [0.05, 0.1) is 11.9 Å². The third-order valence-electron chi connectivity index (χ3n) is 1.80. The quantitative estimate of drug-likeness (QED) is 0.584. The van der Waals surface area contributed by atoms with Crippen molar-refractivity contribution in [2.45, 2.75) is 6.92 Å². The average Bonchev–Trinajstić information content (AvgIpc) is 2.14. The summed E-state index contributed by atoms with van der Waals surface area (Å²) in [4.78, 5) is 2.41. The van der Waals surface area contributed by atoms with E-state index in [0.29, 0.717) is 12.2 Å². The molecule has 0 unspecified atom stereocenters. The maximum atomic E-state index is 11.1. The summed E-state index contributed by atoms with van der Waals surface area (Å²) in [6.07, 6.45) is 1.12. The number of nitrogens with zero attached hydrogens (tertiary/aromatic N) is 1. The van der Waals surface area contributed by atoms with Gasteiger partial charge in [-0.2, -0.15) is 0 Å². The Balaban J connectivity index is 2.88. The van der Waals surface area contributed by atoms with Gasteiger partial charge in [-0.25, -0.2) is 8.42 Å². The number of benzene rings is 1. The third-order valence-corrected chi connectivity index (χ3v) is 2.35. The molecule has 15 heavy (non-hydrogen) atoms. The highest BCUT2D eigenvalue weighted by Gasteiger charge is 2.08. The van der Waals surface area contributed by atoms with Crippen molar-refractivity contribution in [2.24, 2.45) is 0 Å². The molecule has 84 valence electrons. The van der Waals surface area contributed by atoms with E-state index in [2.05, 4.69) is 4.83 Å². The lowest BCUT2D eigenvalue weighted by Gasteiger charge is -2.22. The van der Waals surface area contributed by atoms with E-state index in [1.165, 1.54) is 5.01 Å². The Kier molecular flexibility index (Phi) is 3.54. The number of nitrogens with two attached hydrogens (primary N) is 1. The van der Waals surface area contributed by atoms with E-state index in [1.807, 2.05) is 6.92 Å². The molecule has 0 atom stereocenters. The summed E-state index contributed by atoms with van der Waals surface area (Å²) in [6.45, 7) is 2.39. The van der Waals surface area contributed by atoms with E-state index in [0.717, 1.165) is 11.9 Å². The van der Waals surface area contributed by atoms with Gasteiger partial charge in [0.15, 0.2) is 0 Å². The van der Waals surface area contributed by atoms with Crippen LogP contribution >= 0.6 is 0 Å². The molecule has 1 aromatic carbocycles. The highest BCUT2D eigenvalue weighted by atomic mass is 32.2. The second-order valence-corrected chi connectivity index (χ2v) is 4.93. The van der Waals surface area contributed by atoms with Gasteiger partial charge < -0.3 is 5.73 Å². The van der Waals surface area contributed by atoms with Crippen LogP contribution in [0.3, 0.4) is 0 Å². The van der Waals surface area contributed by atoms with Crippen LogP contribution in [0, 0.1) is 0 Å². The van der Waals surface area contributed by atoms with E-state index in [9.17, 15) is 8.42 Å². The summed E-state index contributed by atoms with van der Waals surface area (Å²) >= 11 is 0. The van der Waals surface area contributed by atoms with Crippen LogP contribution in [0.15, 0.2) is 24.3 Å². The number of anilines is 2. The molecule has 0 fully saturated rings. The molecule has 0 spiro atoms. The van der Waals surface area contributed by atoms with Crippen molar-refractivity contribution in [3.8, 4) is 0 Å². The number of hydrogen-bond acceptors (Lipinski definition) is 4. The molecule has 0 aliphatic heterocycles. The predicted octanol–water partition coefficient (Wildman–Crippen LogP) is 0.559. The Morgan fingerprint density at radius 2 is 1.87 bits per heavy atom. The van der Waals surface area contributed by atoms with Gasteiger partial charge in [-0.1, -0.05) is 0 Å². The molecule has 1 aromatic rings. The molecule has 0 bridgehead atoms. The molecule has 0 saturated heterocycles. The highest BCUT2D eigenvalue weighted by molar-refractivity contribution is 7.88. The minimum absolute atomic E-state index is 0.539. The highest BCUT2D eigenvalue weighted by Crippen LogP contribution is 2.14. The van der Waals surface area contributed by atoms with E-state index >= 15 is 0 Å². The molecule has 3 N–H and O–H groups in total. The largest absolute Gasteiger partial charge is 0.399 e. The predicted molar refractivity (Wildman–Crippen MR) is 61.9 cm³/mol. The van der Waals surface area contributed by atoms with Gasteiger partial charge in [-0.15, -0.1) is 4.83 Å². The lowest BCUT2D eigenvalue weighted by atomic mass is 10.3. The molecular formula is C9H15N3O2S. The van der Waals surface area contributed by atoms with Crippen LogP contribution in [0.5, 0.6) is 0 Å². The van der Waals surface area contributed by atoms with E-state index in [4.69, 9.17) is 5.73 Å². The van der Waals surface area contributed by atoms with Crippen molar-refractivity contribution in [2.75, 3.05) is 23.5 Å². The van der Waals surface area contributed by atoms with Gasteiger partial charge in [-0.3, -0.25) is 5.01 Å². The van der Waals surface area contributed by atoms with Gasteiger partial charge in [0, 0.05) is 12.2 Å². The van der Waals surface area contributed by atoms with Gasteiger partial charge in [0.25, 0.3) is 0 Å². The number of nitrogens with one attached hydrogen (secondary N) is 1. The lowest BCUT2D eigenvalue weighted by molar-refractivity contribution is 0.583. The van der Waals surface area contributed by atoms with Crippen molar-refractivity contribution < 1.29 is 8.42 Å². The van der Waals surface area contributed by atoms with Crippen molar-refractivity contribution in [1.29, 1.82) is 0 Å². The second kappa shape index (κ2) is 4.50. The normalized spacial score (nSPS) is 11.3. The molecule has 0 amide bonds. The van der Waals surface area contributed by atoms with Gasteiger partial charge in [0.1, 0.15) is 0 Å². The van der Waals surface area contributed by atoms with Crippen LogP contribution in [0.1, 0.15) is 6.92 Å². The van der Waals surface area contributed by atoms with E-state index in [1.54, 1.807) is 24.3 Å². The molecular weight excluding hydrogens is 214 g/mol. The van der Waals surface area contributed by atoms with Crippen molar-refractivity contribution in [1.82, 2.24) is 4.83 Å². The van der Waals surface area contributed by atoms with Crippen LogP contribution in [0.4, 0.5) is 11.4 Å². The first-order chi connectivity index (χ1) is 6.92. The standard InChI is InChI=1S/C9H15N3O2S/c1-3-12(11-15(2,13)14)9-6-4-8(10)5-7-9/h4-7,11H,3,10H2,1-2H3. The summed E-state index contributed by atoms with van der Waals surface area (Å²) < 4.78 is 22.1. The minimum Gasteiger partial charge on any atom is -0.399 e. The molecule has 0 aliphatic rings. The zero-order valence-corrected chi connectivity index (χ0v) is 9.58. The van der Waals surface area contributed by atoms with Crippen LogP contribution in [-0.4, -0.2) is 21.2 Å². The summed E-state index contributed by atoms with van der Waals surface area (Å²) in [5.41, 5.74) is 6.95. The summed E-state index contributed by atoms with van der Waals surface area (Å²) in [7, 11) is -3.25. The lowest BCUT2D eigenvalue weighted by Crippen LogP contribution is -2.41. The number of hydrogen-bond donors (Lipinski definition) is 2. The van der Waals surface area contributed by atoms with Crippen LogP contribution in [-0.2, 0) is 10.0 Å². The van der Waals surface area contributed by atoms with Gasteiger partial charge in [0.2, 0.25) is 10.0 Å². The number of rotatable bonds is 4. The number of nitrogen functional groups attached to an aromatic ring is 1. The van der Waals surface area contributed by atoms with Gasteiger partial charge >= 0.3 is 0 Å². The zero-order chi connectivity index (χ0) is 11.5. The van der Waals surface area contributed by atoms with E-state index in [-0.39, 0.29) is 0 Å². The Bertz CT molecular complexity index is 413. The fourth-order valence-corrected chi connectivity index (χ4v) is 1.79. The first-order valence-electron chi connectivity index (χ1n) is 4.53. The molecule has 0 saturated carbocycles. The smallest absolute Gasteiger partial charge is 0.225 e. The Hall–Kier alpha value is -1.27. The fourth-order valence-electron chi connectivity index (χ4n) is 1.15. The molecule has 0 aromatic heterocycles. The first kappa shape index (κ1) is 11.8. The monoisotopic (exact) mass is 229 g/mol. The molecule has 0 radical (unpaired) electrons. The Labute approximate surface area is 89.9 Å². The Morgan fingerprint density at radius 3 is 2.27 bits per heavy atom. The van der Waals surface area contributed by atoms with Crippen molar-refractivity contribution >= 4 is 21.4 Å². The van der Waals surface area contributed by atoms with Crippen LogP contribution in [0.2, 0.25) is 0 Å². The molecule has 0 heterocycles. The van der Waals surface area contributed by atoms with Gasteiger partial charge in [-0.05, 0) is 31.2 Å². The Morgan fingerprint density at radius 1 is 1.33 bits per heavy atom. The maximum Gasteiger partial charge on any atom is 0.225 e.